The van der Waals surface area contributed by atoms with Crippen molar-refractivity contribution in [2.75, 3.05) is 13.2 Å². The Morgan fingerprint density at radius 1 is 0.909 bits per heavy atom. The van der Waals surface area contributed by atoms with Crippen molar-refractivity contribution in [3.8, 4) is 0 Å². The van der Waals surface area contributed by atoms with Gasteiger partial charge in [-0.15, -0.1) is 0 Å². The minimum absolute atomic E-state index is 0.483. The van der Waals surface area contributed by atoms with E-state index in [0.717, 1.165) is 23.7 Å². The average molecular weight is 296 g/mol. The molecule has 1 fully saturated rings. The van der Waals surface area contributed by atoms with Crippen molar-refractivity contribution >= 4 is 12.6 Å². The van der Waals surface area contributed by atoms with Gasteiger partial charge >= 0.3 is 0 Å². The normalized spacial score (nSPS) is 16.4. The Labute approximate surface area is 128 Å². The molecule has 4 heteroatoms. The third kappa shape index (κ3) is 2.84. The molecule has 1 aliphatic heterocycles. The first kappa shape index (κ1) is 14.6. The first-order chi connectivity index (χ1) is 10.8. The van der Waals surface area contributed by atoms with Crippen LogP contribution >= 0.6 is 0 Å². The van der Waals surface area contributed by atoms with Crippen LogP contribution in [-0.2, 0) is 21.7 Å². The molecule has 4 nitrogen and oxygen atoms in total. The molecule has 0 bridgehead atoms. The molecule has 1 saturated heterocycles. The summed E-state index contributed by atoms with van der Waals surface area (Å²) in [6.07, 6.45) is 2.11. The molecule has 0 spiro atoms. The van der Waals surface area contributed by atoms with E-state index < -0.39 is 5.79 Å². The predicted molar refractivity (Wildman–Crippen MR) is 80.9 cm³/mol. The van der Waals surface area contributed by atoms with Crippen LogP contribution < -0.4 is 0 Å². The lowest BCUT2D eigenvalue weighted by Gasteiger charge is -2.28. The minimum Gasteiger partial charge on any atom is -0.343 e. The van der Waals surface area contributed by atoms with E-state index in [2.05, 4.69) is 0 Å². The number of benzene rings is 2. The van der Waals surface area contributed by atoms with E-state index in [1.54, 1.807) is 18.2 Å². The molecule has 2 aromatic carbocycles. The fraction of sp³-hybridized carbons (Fsp3) is 0.222. The van der Waals surface area contributed by atoms with Gasteiger partial charge in [0.2, 0.25) is 0 Å². The number of hydrogen-bond donors (Lipinski definition) is 0. The van der Waals surface area contributed by atoms with Crippen molar-refractivity contribution in [1.29, 1.82) is 0 Å². The van der Waals surface area contributed by atoms with Crippen molar-refractivity contribution in [2.45, 2.75) is 12.2 Å². The molecule has 0 N–H and O–H groups in total. The Hall–Kier alpha value is -2.30. The fourth-order valence-corrected chi connectivity index (χ4v) is 2.72. The summed E-state index contributed by atoms with van der Waals surface area (Å²) in [6, 6.07) is 14.6. The van der Waals surface area contributed by atoms with Crippen molar-refractivity contribution < 1.29 is 19.1 Å². The largest absolute Gasteiger partial charge is 0.343 e. The van der Waals surface area contributed by atoms with Crippen LogP contribution in [0.25, 0.3) is 0 Å². The van der Waals surface area contributed by atoms with Crippen LogP contribution in [0.5, 0.6) is 0 Å². The van der Waals surface area contributed by atoms with Gasteiger partial charge in [0.05, 0.1) is 13.2 Å². The smallest absolute Gasteiger partial charge is 0.199 e. The molecule has 0 radical (unpaired) electrons. The maximum absolute atomic E-state index is 11.0. The van der Waals surface area contributed by atoms with Crippen LogP contribution in [0.4, 0.5) is 0 Å². The molecular weight excluding hydrogens is 280 g/mol. The van der Waals surface area contributed by atoms with Crippen LogP contribution in [0, 0.1) is 0 Å². The quantitative estimate of drug-likeness (QED) is 0.796. The molecular formula is C18H16O4. The molecule has 2 aromatic rings. The highest BCUT2D eigenvalue weighted by molar-refractivity contribution is 5.75. The van der Waals surface area contributed by atoms with Gasteiger partial charge in [0.15, 0.2) is 5.79 Å². The first-order valence-corrected chi connectivity index (χ1v) is 7.13. The molecule has 112 valence electrons. The molecule has 0 aliphatic carbocycles. The summed E-state index contributed by atoms with van der Waals surface area (Å²) in [5.74, 6) is -0.902. The van der Waals surface area contributed by atoms with Gasteiger partial charge < -0.3 is 9.47 Å². The highest BCUT2D eigenvalue weighted by Crippen LogP contribution is 2.35. The third-order valence-electron chi connectivity index (χ3n) is 3.74. The second kappa shape index (κ2) is 6.22. The van der Waals surface area contributed by atoms with Crippen molar-refractivity contribution in [3.05, 3.63) is 70.8 Å². The minimum atomic E-state index is -0.902. The summed E-state index contributed by atoms with van der Waals surface area (Å²) in [4.78, 5) is 21.9. The maximum Gasteiger partial charge on any atom is 0.199 e. The SMILES string of the molecule is O=Cc1cccc(CC2(c3cccc(C=O)c3)OCCO2)c1. The van der Waals surface area contributed by atoms with Gasteiger partial charge in [-0.1, -0.05) is 36.4 Å². The van der Waals surface area contributed by atoms with E-state index >= 15 is 0 Å². The Kier molecular flexibility index (Phi) is 4.13. The Balaban J connectivity index is 1.97. The number of ether oxygens (including phenoxy) is 2. The molecule has 1 heterocycles. The highest BCUT2D eigenvalue weighted by Gasteiger charge is 2.38. The third-order valence-corrected chi connectivity index (χ3v) is 3.74. The summed E-state index contributed by atoms with van der Waals surface area (Å²) in [6.45, 7) is 0.997. The number of carbonyl (C=O) groups is 2. The monoisotopic (exact) mass is 296 g/mol. The molecule has 1 aliphatic rings. The molecule has 22 heavy (non-hydrogen) atoms. The number of aldehydes is 2. The molecule has 3 rings (SSSR count). The van der Waals surface area contributed by atoms with Crippen LogP contribution in [0.1, 0.15) is 31.8 Å². The maximum atomic E-state index is 11.0. The second-order valence-electron chi connectivity index (χ2n) is 5.23. The zero-order valence-corrected chi connectivity index (χ0v) is 12.0. The molecule has 0 saturated carbocycles. The summed E-state index contributed by atoms with van der Waals surface area (Å²) in [5.41, 5.74) is 2.96. The summed E-state index contributed by atoms with van der Waals surface area (Å²) >= 11 is 0. The molecule has 0 aromatic heterocycles. The Morgan fingerprint density at radius 3 is 2.23 bits per heavy atom. The zero-order valence-electron chi connectivity index (χ0n) is 12.0. The Bertz CT molecular complexity index is 687. The fourth-order valence-electron chi connectivity index (χ4n) is 2.72. The van der Waals surface area contributed by atoms with Crippen LogP contribution in [0.3, 0.4) is 0 Å². The van der Waals surface area contributed by atoms with E-state index in [1.807, 2.05) is 30.3 Å². The van der Waals surface area contributed by atoms with Gasteiger partial charge in [-0.2, -0.15) is 0 Å². The standard InChI is InChI=1S/C18H16O4/c19-12-15-4-1-3-14(9-15)11-18(21-7-8-22-18)17-6-2-5-16(10-17)13-20/h1-6,9-10,12-13H,7-8,11H2. The van der Waals surface area contributed by atoms with Gasteiger partial charge in [-0.25, -0.2) is 0 Å². The van der Waals surface area contributed by atoms with Gasteiger partial charge in [0.25, 0.3) is 0 Å². The van der Waals surface area contributed by atoms with Gasteiger partial charge in [0, 0.05) is 23.1 Å². The summed E-state index contributed by atoms with van der Waals surface area (Å²) in [7, 11) is 0. The van der Waals surface area contributed by atoms with Gasteiger partial charge in [-0.3, -0.25) is 9.59 Å². The zero-order chi connectivity index (χ0) is 15.4. The van der Waals surface area contributed by atoms with E-state index in [-0.39, 0.29) is 0 Å². The van der Waals surface area contributed by atoms with E-state index in [1.165, 1.54) is 0 Å². The van der Waals surface area contributed by atoms with Gasteiger partial charge in [-0.05, 0) is 17.7 Å². The predicted octanol–water partition coefficient (Wildman–Crippen LogP) is 2.75. The number of rotatable bonds is 5. The summed E-state index contributed by atoms with van der Waals surface area (Å²) in [5, 5.41) is 0. The lowest BCUT2D eigenvalue weighted by atomic mass is 9.95. The number of carbonyl (C=O) groups excluding carboxylic acids is 2. The lowest BCUT2D eigenvalue weighted by molar-refractivity contribution is -0.164. The second-order valence-corrected chi connectivity index (χ2v) is 5.23. The first-order valence-electron chi connectivity index (χ1n) is 7.13. The van der Waals surface area contributed by atoms with Gasteiger partial charge in [0.1, 0.15) is 12.6 Å². The average Bonchev–Trinajstić information content (AvgIpc) is 3.05. The topological polar surface area (TPSA) is 52.6 Å². The van der Waals surface area contributed by atoms with E-state index in [9.17, 15) is 9.59 Å². The van der Waals surface area contributed by atoms with Crippen molar-refractivity contribution in [2.24, 2.45) is 0 Å². The van der Waals surface area contributed by atoms with E-state index in [0.29, 0.717) is 30.8 Å². The van der Waals surface area contributed by atoms with Crippen LogP contribution in [-0.4, -0.2) is 25.8 Å². The van der Waals surface area contributed by atoms with Crippen LogP contribution in [0.2, 0.25) is 0 Å². The Morgan fingerprint density at radius 2 is 1.55 bits per heavy atom. The number of hydrogen-bond acceptors (Lipinski definition) is 4. The molecule has 0 atom stereocenters. The van der Waals surface area contributed by atoms with E-state index in [4.69, 9.17) is 9.47 Å². The van der Waals surface area contributed by atoms with Crippen LogP contribution in [0.15, 0.2) is 48.5 Å². The van der Waals surface area contributed by atoms with Crippen molar-refractivity contribution in [1.82, 2.24) is 0 Å². The molecule has 0 unspecified atom stereocenters. The highest BCUT2D eigenvalue weighted by atomic mass is 16.7. The molecule has 0 amide bonds. The van der Waals surface area contributed by atoms with Crippen molar-refractivity contribution in [3.63, 3.8) is 0 Å². The lowest BCUT2D eigenvalue weighted by Crippen LogP contribution is -2.30. The summed E-state index contributed by atoms with van der Waals surface area (Å²) < 4.78 is 11.8.